The summed E-state index contributed by atoms with van der Waals surface area (Å²) in [6, 6.07) is 7.96. The number of amides is 1. The van der Waals surface area contributed by atoms with Crippen LogP contribution in [0.1, 0.15) is 33.3 Å². The first-order chi connectivity index (χ1) is 9.63. The van der Waals surface area contributed by atoms with E-state index in [4.69, 9.17) is 9.26 Å². The number of hydrogen-bond donors (Lipinski definition) is 1. The van der Waals surface area contributed by atoms with E-state index in [1.165, 1.54) is 6.20 Å². The van der Waals surface area contributed by atoms with Gasteiger partial charge < -0.3 is 14.6 Å². The fourth-order valence-electron chi connectivity index (χ4n) is 2.07. The summed E-state index contributed by atoms with van der Waals surface area (Å²) in [5.74, 6) is 0.298. The van der Waals surface area contributed by atoms with Gasteiger partial charge in [0.2, 0.25) is 0 Å². The van der Waals surface area contributed by atoms with Crippen LogP contribution >= 0.6 is 0 Å². The van der Waals surface area contributed by atoms with E-state index in [1.54, 1.807) is 14.0 Å². The van der Waals surface area contributed by atoms with Crippen LogP contribution in [0.4, 0.5) is 0 Å². The highest BCUT2D eigenvalue weighted by molar-refractivity contribution is 5.94. The predicted molar refractivity (Wildman–Crippen MR) is 74.5 cm³/mol. The number of methoxy groups -OCH3 is 1. The second kappa shape index (κ2) is 6.34. The molecule has 1 amide bonds. The van der Waals surface area contributed by atoms with E-state index in [0.717, 1.165) is 11.1 Å². The number of rotatable bonds is 5. The smallest absolute Gasteiger partial charge is 0.256 e. The lowest BCUT2D eigenvalue weighted by molar-refractivity contribution is 0.0825. The largest absolute Gasteiger partial charge is 0.375 e. The monoisotopic (exact) mass is 274 g/mol. The lowest BCUT2D eigenvalue weighted by Crippen LogP contribution is -2.29. The van der Waals surface area contributed by atoms with Crippen LogP contribution in [0.15, 0.2) is 35.0 Å². The lowest BCUT2D eigenvalue weighted by Gasteiger charge is -2.18. The Hall–Kier alpha value is -2.14. The Bertz CT molecular complexity index is 592. The zero-order valence-electron chi connectivity index (χ0n) is 11.8. The van der Waals surface area contributed by atoms with Crippen LogP contribution in [0, 0.1) is 13.8 Å². The summed E-state index contributed by atoms with van der Waals surface area (Å²) in [6.45, 7) is 4.12. The van der Waals surface area contributed by atoms with E-state index in [2.05, 4.69) is 10.5 Å². The Morgan fingerprint density at radius 1 is 1.40 bits per heavy atom. The van der Waals surface area contributed by atoms with Gasteiger partial charge in [0.05, 0.1) is 12.3 Å². The molecule has 0 saturated heterocycles. The zero-order chi connectivity index (χ0) is 14.5. The van der Waals surface area contributed by atoms with Gasteiger partial charge in [0.1, 0.15) is 11.3 Å². The van der Waals surface area contributed by atoms with Crippen molar-refractivity contribution in [2.45, 2.75) is 20.0 Å². The number of benzene rings is 1. The van der Waals surface area contributed by atoms with Gasteiger partial charge in [-0.05, 0) is 25.0 Å². The topological polar surface area (TPSA) is 64.4 Å². The first-order valence-corrected chi connectivity index (χ1v) is 6.41. The molecule has 106 valence electrons. The van der Waals surface area contributed by atoms with Crippen LogP contribution in [0.3, 0.4) is 0 Å². The summed E-state index contributed by atoms with van der Waals surface area (Å²) >= 11 is 0. The molecule has 20 heavy (non-hydrogen) atoms. The molecule has 0 saturated carbocycles. The molecule has 1 unspecified atom stereocenters. The molecule has 1 N–H and O–H groups in total. The van der Waals surface area contributed by atoms with Crippen molar-refractivity contribution in [3.05, 3.63) is 52.9 Å². The van der Waals surface area contributed by atoms with Crippen molar-refractivity contribution in [1.82, 2.24) is 10.5 Å². The Kier molecular flexibility index (Phi) is 4.53. The fraction of sp³-hybridized carbons (Fsp3) is 0.333. The van der Waals surface area contributed by atoms with Gasteiger partial charge in [-0.2, -0.15) is 0 Å². The lowest BCUT2D eigenvalue weighted by atomic mass is 10.0. The number of hydrogen-bond acceptors (Lipinski definition) is 4. The number of nitrogens with zero attached hydrogens (tertiary/aromatic N) is 1. The van der Waals surface area contributed by atoms with Crippen LogP contribution in [0.2, 0.25) is 0 Å². The van der Waals surface area contributed by atoms with Crippen molar-refractivity contribution in [3.8, 4) is 0 Å². The van der Waals surface area contributed by atoms with Crippen molar-refractivity contribution >= 4 is 5.91 Å². The molecule has 0 bridgehead atoms. The third-order valence-corrected chi connectivity index (χ3v) is 3.26. The van der Waals surface area contributed by atoms with Gasteiger partial charge in [-0.1, -0.05) is 29.4 Å². The van der Waals surface area contributed by atoms with E-state index in [-0.39, 0.29) is 12.0 Å². The normalized spacial score (nSPS) is 12.2. The van der Waals surface area contributed by atoms with Crippen LogP contribution in [0.5, 0.6) is 0 Å². The van der Waals surface area contributed by atoms with Gasteiger partial charge in [-0.3, -0.25) is 4.79 Å². The van der Waals surface area contributed by atoms with Gasteiger partial charge in [0, 0.05) is 13.7 Å². The number of ether oxygens (including phenoxy) is 1. The van der Waals surface area contributed by atoms with E-state index in [0.29, 0.717) is 17.9 Å². The maximum absolute atomic E-state index is 12.0. The summed E-state index contributed by atoms with van der Waals surface area (Å²) in [5, 5.41) is 6.43. The molecule has 0 aliphatic heterocycles. The number of nitrogens with one attached hydrogen (secondary N) is 1. The average molecular weight is 274 g/mol. The predicted octanol–water partition coefficient (Wildman–Crippen LogP) is 2.41. The number of aromatic nitrogens is 1. The second-order valence-electron chi connectivity index (χ2n) is 4.59. The highest BCUT2D eigenvalue weighted by Gasteiger charge is 2.17. The highest BCUT2D eigenvalue weighted by atomic mass is 16.5. The minimum absolute atomic E-state index is 0.180. The first-order valence-electron chi connectivity index (χ1n) is 6.41. The maximum atomic E-state index is 12.0. The van der Waals surface area contributed by atoms with Gasteiger partial charge >= 0.3 is 0 Å². The number of carbonyl (C=O) groups is 1. The summed E-state index contributed by atoms with van der Waals surface area (Å²) in [6.07, 6.45) is 1.24. The molecule has 2 aromatic rings. The molecule has 0 aliphatic rings. The summed E-state index contributed by atoms with van der Waals surface area (Å²) in [4.78, 5) is 12.0. The molecule has 1 heterocycles. The molecule has 0 aliphatic carbocycles. The van der Waals surface area contributed by atoms with E-state index < -0.39 is 0 Å². The van der Waals surface area contributed by atoms with Gasteiger partial charge in [0.25, 0.3) is 5.91 Å². The third kappa shape index (κ3) is 3.05. The van der Waals surface area contributed by atoms with E-state index >= 15 is 0 Å². The molecule has 0 spiro atoms. The average Bonchev–Trinajstić information content (AvgIpc) is 2.87. The van der Waals surface area contributed by atoms with Crippen LogP contribution in [0.25, 0.3) is 0 Å². The molecule has 1 aromatic heterocycles. The molecule has 0 radical (unpaired) electrons. The fourth-order valence-corrected chi connectivity index (χ4v) is 2.07. The van der Waals surface area contributed by atoms with E-state index in [1.807, 2.05) is 31.2 Å². The van der Waals surface area contributed by atoms with Crippen LogP contribution < -0.4 is 5.32 Å². The summed E-state index contributed by atoms with van der Waals surface area (Å²) in [5.41, 5.74) is 2.65. The Morgan fingerprint density at radius 3 is 2.75 bits per heavy atom. The van der Waals surface area contributed by atoms with Crippen LogP contribution in [-0.2, 0) is 4.74 Å². The van der Waals surface area contributed by atoms with Crippen molar-refractivity contribution < 1.29 is 14.1 Å². The standard InChI is InChI=1S/C15H18N2O3/c1-10-6-4-5-7-12(10)14(19-3)9-16-15(18)13-8-17-20-11(13)2/h4-8,14H,9H2,1-3H3,(H,16,18). The van der Waals surface area contributed by atoms with E-state index in [9.17, 15) is 4.79 Å². The molecule has 5 nitrogen and oxygen atoms in total. The van der Waals surface area contributed by atoms with Gasteiger partial charge in [0.15, 0.2) is 0 Å². The van der Waals surface area contributed by atoms with Crippen molar-refractivity contribution in [2.24, 2.45) is 0 Å². The summed E-state index contributed by atoms with van der Waals surface area (Å²) < 4.78 is 10.3. The molecule has 1 atom stereocenters. The Labute approximate surface area is 117 Å². The molecule has 5 heteroatoms. The SMILES string of the molecule is COC(CNC(=O)c1cnoc1C)c1ccccc1C. The number of aryl methyl sites for hydroxylation is 2. The van der Waals surface area contributed by atoms with Crippen molar-refractivity contribution in [2.75, 3.05) is 13.7 Å². The molecular weight excluding hydrogens is 256 g/mol. The molecule has 0 fully saturated rings. The quantitative estimate of drug-likeness (QED) is 0.909. The van der Waals surface area contributed by atoms with Crippen LogP contribution in [-0.4, -0.2) is 24.7 Å². The minimum atomic E-state index is -0.209. The highest BCUT2D eigenvalue weighted by Crippen LogP contribution is 2.19. The summed E-state index contributed by atoms with van der Waals surface area (Å²) in [7, 11) is 1.63. The molecule has 2 rings (SSSR count). The Morgan fingerprint density at radius 2 is 2.15 bits per heavy atom. The van der Waals surface area contributed by atoms with Crippen molar-refractivity contribution in [1.29, 1.82) is 0 Å². The van der Waals surface area contributed by atoms with Crippen molar-refractivity contribution in [3.63, 3.8) is 0 Å². The Balaban J connectivity index is 2.03. The zero-order valence-corrected chi connectivity index (χ0v) is 11.8. The van der Waals surface area contributed by atoms with Gasteiger partial charge in [-0.15, -0.1) is 0 Å². The third-order valence-electron chi connectivity index (χ3n) is 3.26. The maximum Gasteiger partial charge on any atom is 0.256 e. The minimum Gasteiger partial charge on any atom is -0.375 e. The second-order valence-corrected chi connectivity index (χ2v) is 4.59. The molecular formula is C15H18N2O3. The number of carbonyl (C=O) groups excluding carboxylic acids is 1. The van der Waals surface area contributed by atoms with Gasteiger partial charge in [-0.25, -0.2) is 0 Å². The molecule has 1 aromatic carbocycles. The first kappa shape index (κ1) is 14.3.